The summed E-state index contributed by atoms with van der Waals surface area (Å²) in [6, 6.07) is 1.81. The lowest BCUT2D eigenvalue weighted by Gasteiger charge is -2.02. The first-order valence-electron chi connectivity index (χ1n) is 4.78. The van der Waals surface area contributed by atoms with Crippen molar-refractivity contribution in [3.05, 3.63) is 36.8 Å². The van der Waals surface area contributed by atoms with Crippen molar-refractivity contribution >= 4 is 44.9 Å². The molecule has 0 saturated carbocycles. The van der Waals surface area contributed by atoms with Crippen LogP contribution in [0.4, 0.5) is 17.1 Å². The Morgan fingerprint density at radius 2 is 1.75 bits per heavy atom. The molecule has 0 radical (unpaired) electrons. The van der Waals surface area contributed by atoms with Crippen molar-refractivity contribution in [2.75, 3.05) is 0 Å². The lowest BCUT2D eigenvalue weighted by Crippen LogP contribution is -2.26. The highest BCUT2D eigenvalue weighted by atomic mass is 79.9. The summed E-state index contributed by atoms with van der Waals surface area (Å²) >= 11 is 2.95. The fourth-order valence-electron chi connectivity index (χ4n) is 1.20. The van der Waals surface area contributed by atoms with Gasteiger partial charge >= 0.3 is 5.69 Å². The van der Waals surface area contributed by atoms with E-state index in [4.69, 9.17) is 17.2 Å². The van der Waals surface area contributed by atoms with Gasteiger partial charge < -0.3 is 17.2 Å². The van der Waals surface area contributed by atoms with Gasteiger partial charge in [-0.25, -0.2) is 4.99 Å². The number of hydrogen-bond acceptors (Lipinski definition) is 5. The molecule has 0 bridgehead atoms. The molecule has 0 aliphatic rings. The number of guanidine groups is 2. The molecule has 0 saturated heterocycles. The molecule has 1 aromatic rings. The van der Waals surface area contributed by atoms with E-state index in [-0.39, 0.29) is 16.1 Å². The predicted octanol–water partition coefficient (Wildman–Crippen LogP) is 0.485. The Balaban J connectivity index is 3.50. The highest BCUT2D eigenvalue weighted by Gasteiger charge is 2.23. The van der Waals surface area contributed by atoms with Gasteiger partial charge in [0.25, 0.3) is 5.69 Å². The molecule has 0 spiro atoms. The van der Waals surface area contributed by atoms with Gasteiger partial charge in [0.05, 0.1) is 20.4 Å². The molecule has 6 N–H and O–H groups in total. The average Bonchev–Trinajstić information content (AvgIpc) is 2.29. The highest BCUT2D eigenvalue weighted by molar-refractivity contribution is 9.10. The number of nitrogens with zero attached hydrogens (tertiary/aromatic N) is 4. The van der Waals surface area contributed by atoms with E-state index in [1.165, 1.54) is 0 Å². The van der Waals surface area contributed by atoms with E-state index in [1.807, 2.05) is 0 Å². The number of nitro groups is 2. The fraction of sp³-hybridized carbons (Fsp3) is 0. The highest BCUT2D eigenvalue weighted by Crippen LogP contribution is 2.38. The quantitative estimate of drug-likeness (QED) is 0.307. The Hall–Kier alpha value is -2.76. The van der Waals surface area contributed by atoms with Crippen molar-refractivity contribution in [3.63, 3.8) is 0 Å². The van der Waals surface area contributed by atoms with E-state index < -0.39 is 27.2 Å². The van der Waals surface area contributed by atoms with Gasteiger partial charge in [0.15, 0.2) is 11.6 Å². The minimum absolute atomic E-state index is 0.00661. The van der Waals surface area contributed by atoms with Crippen molar-refractivity contribution in [1.82, 2.24) is 0 Å². The number of benzene rings is 1. The largest absolute Gasteiger partial charge is 0.370 e. The third kappa shape index (κ3) is 3.61. The third-order valence-corrected chi connectivity index (χ3v) is 2.51. The lowest BCUT2D eigenvalue weighted by molar-refractivity contribution is -0.393. The van der Waals surface area contributed by atoms with Crippen LogP contribution in [0.2, 0.25) is 0 Å². The van der Waals surface area contributed by atoms with Crippen LogP contribution in [0.5, 0.6) is 0 Å². The molecule has 0 heterocycles. The zero-order valence-corrected chi connectivity index (χ0v) is 11.3. The van der Waals surface area contributed by atoms with Crippen LogP contribution in [-0.2, 0) is 0 Å². The van der Waals surface area contributed by atoms with Crippen molar-refractivity contribution in [2.24, 2.45) is 27.2 Å². The number of nitrogens with two attached hydrogens (primary N) is 3. The SMILES string of the molecule is NC(N)=NC(N)=Nc1c(Br)cc([N+](=O)[O-])cc1[N+](=O)[O-]. The van der Waals surface area contributed by atoms with Crippen LogP contribution in [0.1, 0.15) is 0 Å². The Kier molecular flexibility index (Phi) is 4.53. The van der Waals surface area contributed by atoms with Gasteiger partial charge in [0, 0.05) is 6.07 Å². The number of non-ortho nitro benzene ring substituents is 1. The summed E-state index contributed by atoms with van der Waals surface area (Å²) in [7, 11) is 0. The molecule has 0 aromatic heterocycles. The Morgan fingerprint density at radius 1 is 1.15 bits per heavy atom. The normalized spacial score (nSPS) is 10.9. The predicted molar refractivity (Wildman–Crippen MR) is 74.5 cm³/mol. The maximum atomic E-state index is 10.9. The van der Waals surface area contributed by atoms with E-state index >= 15 is 0 Å². The van der Waals surface area contributed by atoms with Gasteiger partial charge in [0.2, 0.25) is 5.96 Å². The van der Waals surface area contributed by atoms with Crippen LogP contribution >= 0.6 is 15.9 Å². The average molecular weight is 346 g/mol. The molecular formula is C8H8BrN7O4. The standard InChI is InChI=1S/C8H8BrN7O4/c9-4-1-3(15(17)18)2-5(16(19)20)6(4)13-8(12)14-7(10)11/h1-2H,(H6,10,11,12,13,14). The van der Waals surface area contributed by atoms with E-state index in [2.05, 4.69) is 25.9 Å². The molecule has 11 nitrogen and oxygen atoms in total. The molecule has 1 aromatic carbocycles. The molecule has 0 fully saturated rings. The number of rotatable bonds is 3. The van der Waals surface area contributed by atoms with Crippen LogP contribution < -0.4 is 17.2 Å². The van der Waals surface area contributed by atoms with E-state index in [1.54, 1.807) is 0 Å². The summed E-state index contributed by atoms with van der Waals surface area (Å²) in [6.07, 6.45) is 0. The fourth-order valence-corrected chi connectivity index (χ4v) is 1.72. The van der Waals surface area contributed by atoms with Crippen molar-refractivity contribution < 1.29 is 9.85 Å². The van der Waals surface area contributed by atoms with Crippen molar-refractivity contribution in [3.8, 4) is 0 Å². The van der Waals surface area contributed by atoms with Crippen LogP contribution in [0.15, 0.2) is 26.6 Å². The summed E-state index contributed by atoms with van der Waals surface area (Å²) < 4.78 is 0.00661. The van der Waals surface area contributed by atoms with Crippen molar-refractivity contribution in [1.29, 1.82) is 0 Å². The number of aliphatic imine (C=N–C) groups is 2. The van der Waals surface area contributed by atoms with Gasteiger partial charge in [-0.3, -0.25) is 20.2 Å². The third-order valence-electron chi connectivity index (χ3n) is 1.91. The van der Waals surface area contributed by atoms with Gasteiger partial charge in [0.1, 0.15) is 0 Å². The Morgan fingerprint density at radius 3 is 2.20 bits per heavy atom. The molecule has 0 atom stereocenters. The number of nitro benzene ring substituents is 2. The van der Waals surface area contributed by atoms with Crippen LogP contribution in [0, 0.1) is 20.2 Å². The summed E-state index contributed by atoms with van der Waals surface area (Å²) in [4.78, 5) is 27.0. The minimum Gasteiger partial charge on any atom is -0.370 e. The van der Waals surface area contributed by atoms with Crippen molar-refractivity contribution in [2.45, 2.75) is 0 Å². The van der Waals surface area contributed by atoms with E-state index in [9.17, 15) is 20.2 Å². The van der Waals surface area contributed by atoms with Gasteiger partial charge in [-0.2, -0.15) is 4.99 Å². The first-order valence-corrected chi connectivity index (χ1v) is 5.57. The van der Waals surface area contributed by atoms with Crippen LogP contribution in [0.3, 0.4) is 0 Å². The Labute approximate surface area is 119 Å². The zero-order valence-electron chi connectivity index (χ0n) is 9.69. The second-order valence-corrected chi connectivity index (χ2v) is 4.17. The maximum Gasteiger partial charge on any atom is 0.303 e. The monoisotopic (exact) mass is 345 g/mol. The second-order valence-electron chi connectivity index (χ2n) is 3.32. The molecule has 0 unspecified atom stereocenters. The molecule has 106 valence electrons. The summed E-state index contributed by atoms with van der Waals surface area (Å²) in [5.41, 5.74) is 14.2. The van der Waals surface area contributed by atoms with Gasteiger partial charge in [-0.05, 0) is 15.9 Å². The lowest BCUT2D eigenvalue weighted by atomic mass is 10.2. The van der Waals surface area contributed by atoms with Crippen LogP contribution in [0.25, 0.3) is 0 Å². The first-order chi connectivity index (χ1) is 9.22. The molecule has 12 heteroatoms. The second kappa shape index (κ2) is 5.92. The summed E-state index contributed by atoms with van der Waals surface area (Å²) in [5, 5.41) is 21.6. The smallest absolute Gasteiger partial charge is 0.303 e. The molecule has 1 rings (SSSR count). The minimum atomic E-state index is -0.834. The molecule has 0 amide bonds. The summed E-state index contributed by atoms with van der Waals surface area (Å²) in [5.74, 6) is -0.811. The zero-order chi connectivity index (χ0) is 15.4. The Bertz CT molecular complexity index is 638. The van der Waals surface area contributed by atoms with Gasteiger partial charge in [-0.1, -0.05) is 0 Å². The molecular weight excluding hydrogens is 338 g/mol. The maximum absolute atomic E-state index is 10.9. The van der Waals surface area contributed by atoms with Gasteiger partial charge in [-0.15, -0.1) is 0 Å². The number of hydrogen-bond donors (Lipinski definition) is 3. The van der Waals surface area contributed by atoms with Crippen LogP contribution in [-0.4, -0.2) is 21.8 Å². The number of halogens is 1. The van der Waals surface area contributed by atoms with E-state index in [0.29, 0.717) is 0 Å². The molecule has 0 aliphatic heterocycles. The summed E-state index contributed by atoms with van der Waals surface area (Å²) in [6.45, 7) is 0. The first kappa shape index (κ1) is 15.3. The topological polar surface area (TPSA) is 189 Å². The molecule has 0 aliphatic carbocycles. The molecule has 20 heavy (non-hydrogen) atoms. The van der Waals surface area contributed by atoms with E-state index in [0.717, 1.165) is 12.1 Å².